The van der Waals surface area contributed by atoms with E-state index in [1.54, 1.807) is 0 Å². The van der Waals surface area contributed by atoms with Crippen molar-refractivity contribution in [1.82, 2.24) is 24.3 Å². The average molecular weight is 505 g/mol. The van der Waals surface area contributed by atoms with Gasteiger partial charge in [-0.1, -0.05) is 48.0 Å². The van der Waals surface area contributed by atoms with E-state index >= 15 is 0 Å². The van der Waals surface area contributed by atoms with E-state index in [4.69, 9.17) is 4.98 Å². The molecular weight excluding hydrogens is 472 g/mol. The van der Waals surface area contributed by atoms with Crippen LogP contribution in [0.2, 0.25) is 0 Å². The number of fused-ring (bicyclic) bond motifs is 2. The first-order chi connectivity index (χ1) is 18.6. The number of imidazole rings is 1. The Balaban J connectivity index is 1.31. The maximum atomic E-state index is 12.9. The molecule has 2 amide bonds. The molecule has 7 nitrogen and oxygen atoms in total. The van der Waals surface area contributed by atoms with Crippen LogP contribution in [0.1, 0.15) is 39.8 Å². The summed E-state index contributed by atoms with van der Waals surface area (Å²) in [4.78, 5) is 26.7. The number of allylic oxidation sites excluding steroid dienone is 1. The molecule has 1 atom stereocenters. The second-order valence-corrected chi connectivity index (χ2v) is 10.1. The van der Waals surface area contributed by atoms with Crippen molar-refractivity contribution in [3.8, 4) is 0 Å². The minimum Gasteiger partial charge on any atom is -0.331 e. The molecule has 6 rings (SSSR count). The molecule has 1 unspecified atom stereocenters. The summed E-state index contributed by atoms with van der Waals surface area (Å²) in [7, 11) is 0. The average Bonchev–Trinajstić information content (AvgIpc) is 3.29. The number of aryl methyl sites for hydroxylation is 2. The molecular formula is C31H32N6O. The number of hydrogen-bond donors (Lipinski definition) is 1. The van der Waals surface area contributed by atoms with Crippen molar-refractivity contribution in [2.45, 2.75) is 26.4 Å². The van der Waals surface area contributed by atoms with Crippen LogP contribution in [0.15, 0.2) is 79.3 Å². The van der Waals surface area contributed by atoms with Gasteiger partial charge in [0.05, 0.1) is 11.7 Å². The molecule has 1 aliphatic carbocycles. The normalized spacial score (nSPS) is 17.3. The van der Waals surface area contributed by atoms with E-state index in [1.807, 2.05) is 66.8 Å². The van der Waals surface area contributed by atoms with Gasteiger partial charge < -0.3 is 14.8 Å². The van der Waals surface area contributed by atoms with Crippen molar-refractivity contribution >= 4 is 23.4 Å². The number of urea groups is 1. The van der Waals surface area contributed by atoms with Crippen molar-refractivity contribution < 1.29 is 4.79 Å². The predicted molar refractivity (Wildman–Crippen MR) is 151 cm³/mol. The smallest absolute Gasteiger partial charge is 0.321 e. The maximum Gasteiger partial charge on any atom is 0.321 e. The van der Waals surface area contributed by atoms with Crippen LogP contribution in [0.4, 0.5) is 10.5 Å². The van der Waals surface area contributed by atoms with E-state index in [0.717, 1.165) is 42.4 Å². The van der Waals surface area contributed by atoms with Gasteiger partial charge in [0.1, 0.15) is 5.82 Å². The molecule has 1 N–H and O–H groups in total. The second-order valence-electron chi connectivity index (χ2n) is 10.1. The first-order valence-corrected chi connectivity index (χ1v) is 13.2. The number of nitrogens with one attached hydrogen (secondary N) is 1. The molecule has 1 aliphatic heterocycles. The first kappa shape index (κ1) is 24.1. The van der Waals surface area contributed by atoms with Crippen LogP contribution in [-0.2, 0) is 6.54 Å². The lowest BCUT2D eigenvalue weighted by Crippen LogP contribution is -2.51. The van der Waals surface area contributed by atoms with E-state index in [9.17, 15) is 4.79 Å². The van der Waals surface area contributed by atoms with E-state index in [-0.39, 0.29) is 12.1 Å². The van der Waals surface area contributed by atoms with Crippen LogP contribution in [0.5, 0.6) is 0 Å². The van der Waals surface area contributed by atoms with Crippen LogP contribution in [0, 0.1) is 13.8 Å². The molecule has 0 bridgehead atoms. The number of nitrogens with zero attached hydrogens (tertiary/aromatic N) is 5. The van der Waals surface area contributed by atoms with Crippen LogP contribution in [-0.4, -0.2) is 56.5 Å². The van der Waals surface area contributed by atoms with Crippen LogP contribution in [0.3, 0.4) is 0 Å². The zero-order valence-corrected chi connectivity index (χ0v) is 21.8. The molecule has 7 heteroatoms. The lowest BCUT2D eigenvalue weighted by Gasteiger charge is -2.39. The van der Waals surface area contributed by atoms with Crippen molar-refractivity contribution in [3.63, 3.8) is 0 Å². The summed E-state index contributed by atoms with van der Waals surface area (Å²) in [5.74, 6) is 0.997. The largest absolute Gasteiger partial charge is 0.331 e. The Hall–Kier alpha value is -4.23. The van der Waals surface area contributed by atoms with Crippen molar-refractivity contribution in [1.29, 1.82) is 0 Å². The summed E-state index contributed by atoms with van der Waals surface area (Å²) in [5, 5.41) is 3.03. The monoisotopic (exact) mass is 504 g/mol. The van der Waals surface area contributed by atoms with E-state index in [1.165, 1.54) is 22.3 Å². The van der Waals surface area contributed by atoms with Gasteiger partial charge in [-0.05, 0) is 60.4 Å². The Labute approximate surface area is 223 Å². The number of hydrogen-bond acceptors (Lipinski definition) is 4. The number of aromatic nitrogens is 3. The third kappa shape index (κ3) is 4.73. The molecule has 4 aromatic rings. The van der Waals surface area contributed by atoms with Gasteiger partial charge in [-0.2, -0.15) is 0 Å². The van der Waals surface area contributed by atoms with Gasteiger partial charge in [0.15, 0.2) is 0 Å². The maximum absolute atomic E-state index is 12.9. The van der Waals surface area contributed by atoms with E-state index in [2.05, 4.69) is 57.0 Å². The Morgan fingerprint density at radius 3 is 2.53 bits per heavy atom. The lowest BCUT2D eigenvalue weighted by atomic mass is 9.92. The molecule has 1 saturated heterocycles. The van der Waals surface area contributed by atoms with Gasteiger partial charge in [-0.3, -0.25) is 9.88 Å². The molecule has 3 heterocycles. The van der Waals surface area contributed by atoms with Crippen molar-refractivity contribution in [2.24, 2.45) is 0 Å². The minimum absolute atomic E-state index is 0.0127. The number of benzene rings is 2. The summed E-state index contributed by atoms with van der Waals surface area (Å²) in [6.07, 6.45) is 8.08. The van der Waals surface area contributed by atoms with Crippen LogP contribution in [0.25, 0.3) is 11.6 Å². The van der Waals surface area contributed by atoms with Gasteiger partial charge in [0.2, 0.25) is 0 Å². The standard InChI is InChI=1S/C31H32N6O/c1-22-10-11-27-28(19-22)25(21-37-14-13-32-23(37)2)20-24-7-6-12-33-29(24)30(27)35-15-17-36(18-16-35)31(38)34-26-8-4-3-5-9-26/h3-14,19-20,30H,15-18,21H2,1-2H3,(H,34,38). The van der Waals surface area contributed by atoms with Crippen molar-refractivity contribution in [2.75, 3.05) is 31.5 Å². The van der Waals surface area contributed by atoms with Crippen LogP contribution >= 0.6 is 0 Å². The number of carbonyl (C=O) groups is 1. The summed E-state index contributed by atoms with van der Waals surface area (Å²) >= 11 is 0. The number of amides is 2. The Bertz CT molecular complexity index is 1480. The Morgan fingerprint density at radius 1 is 0.947 bits per heavy atom. The highest BCUT2D eigenvalue weighted by Gasteiger charge is 2.33. The van der Waals surface area contributed by atoms with Crippen molar-refractivity contribution in [3.05, 3.63) is 113 Å². The van der Waals surface area contributed by atoms with E-state index in [0.29, 0.717) is 13.1 Å². The molecule has 0 spiro atoms. The molecule has 0 radical (unpaired) electrons. The minimum atomic E-state index is -0.0501. The fraction of sp³-hybridized carbons (Fsp3) is 0.258. The molecule has 192 valence electrons. The Kier molecular flexibility index (Phi) is 6.52. The number of para-hydroxylation sites is 1. The van der Waals surface area contributed by atoms with Gasteiger partial charge >= 0.3 is 6.03 Å². The predicted octanol–water partition coefficient (Wildman–Crippen LogP) is 5.39. The third-order valence-corrected chi connectivity index (χ3v) is 7.57. The zero-order valence-electron chi connectivity index (χ0n) is 21.8. The highest BCUT2D eigenvalue weighted by Crippen LogP contribution is 2.40. The van der Waals surface area contributed by atoms with Gasteiger partial charge in [-0.15, -0.1) is 0 Å². The fourth-order valence-corrected chi connectivity index (χ4v) is 5.54. The molecule has 2 aliphatic rings. The molecule has 1 fully saturated rings. The van der Waals surface area contributed by atoms with Gasteiger partial charge in [-0.25, -0.2) is 9.78 Å². The van der Waals surface area contributed by atoms with Gasteiger partial charge in [0, 0.05) is 57.0 Å². The number of piperazine rings is 1. The topological polar surface area (TPSA) is 66.3 Å². The highest BCUT2D eigenvalue weighted by atomic mass is 16.2. The number of pyridine rings is 1. The number of rotatable bonds is 4. The quantitative estimate of drug-likeness (QED) is 0.405. The summed E-state index contributed by atoms with van der Waals surface area (Å²) < 4.78 is 2.19. The molecule has 2 aromatic heterocycles. The molecule has 0 saturated carbocycles. The Morgan fingerprint density at radius 2 is 1.76 bits per heavy atom. The fourth-order valence-electron chi connectivity index (χ4n) is 5.54. The van der Waals surface area contributed by atoms with Crippen LogP contribution < -0.4 is 5.32 Å². The SMILES string of the molecule is Cc1ccc2c(c1)C(Cn1ccnc1C)=Cc1cccnc1C2N1CCN(C(=O)Nc2ccccc2)CC1. The molecule has 2 aromatic carbocycles. The van der Waals surface area contributed by atoms with E-state index < -0.39 is 0 Å². The number of anilines is 1. The zero-order chi connectivity index (χ0) is 26.1. The highest BCUT2D eigenvalue weighted by molar-refractivity contribution is 5.89. The summed E-state index contributed by atoms with van der Waals surface area (Å²) in [6, 6.07) is 20.5. The summed E-state index contributed by atoms with van der Waals surface area (Å²) in [5.41, 5.74) is 8.03. The lowest BCUT2D eigenvalue weighted by molar-refractivity contribution is 0.125. The summed E-state index contributed by atoms with van der Waals surface area (Å²) in [6.45, 7) is 7.80. The second kappa shape index (κ2) is 10.3. The third-order valence-electron chi connectivity index (χ3n) is 7.57. The van der Waals surface area contributed by atoms with Gasteiger partial charge in [0.25, 0.3) is 0 Å². The number of carbonyl (C=O) groups excluding carboxylic acids is 1. The first-order valence-electron chi connectivity index (χ1n) is 13.2. The molecule has 38 heavy (non-hydrogen) atoms.